The molecule has 116 valence electrons. The Balaban J connectivity index is 2.02. The van der Waals surface area contributed by atoms with Gasteiger partial charge in [-0.25, -0.2) is 0 Å². The van der Waals surface area contributed by atoms with Gasteiger partial charge in [0.15, 0.2) is 0 Å². The molecule has 2 atom stereocenters. The molecule has 1 saturated heterocycles. The largest absolute Gasteiger partial charge is 0.397 e. The Morgan fingerprint density at radius 3 is 2.95 bits per heavy atom. The van der Waals surface area contributed by atoms with Gasteiger partial charge in [-0.15, -0.1) is 0 Å². The first-order chi connectivity index (χ1) is 10.0. The van der Waals surface area contributed by atoms with E-state index >= 15 is 0 Å². The number of anilines is 2. The van der Waals surface area contributed by atoms with E-state index in [0.29, 0.717) is 22.4 Å². The van der Waals surface area contributed by atoms with Crippen LogP contribution >= 0.6 is 11.6 Å². The maximum absolute atomic E-state index is 12.4. The fourth-order valence-electron chi connectivity index (χ4n) is 2.99. The number of hydrogen-bond donors (Lipinski definition) is 2. The van der Waals surface area contributed by atoms with E-state index in [2.05, 4.69) is 17.1 Å². The van der Waals surface area contributed by atoms with E-state index in [1.54, 1.807) is 18.2 Å². The van der Waals surface area contributed by atoms with Gasteiger partial charge in [0.2, 0.25) is 5.91 Å². The molecule has 0 radical (unpaired) electrons. The lowest BCUT2D eigenvalue weighted by Crippen LogP contribution is -2.49. The fraction of sp³-hybridized carbons (Fsp3) is 0.562. The number of nitrogen functional groups attached to an aromatic ring is 1. The standard InChI is InChI=1S/C16H24ClN3O/c1-3-13-6-4-5-9-20(13)11(2)16(21)19-12-7-8-14(17)15(18)10-12/h7-8,10-11,13H,3-6,9,18H2,1-2H3,(H,19,21). The third-order valence-corrected chi connectivity index (χ3v) is 4.63. The second-order valence-electron chi connectivity index (χ2n) is 5.70. The zero-order chi connectivity index (χ0) is 15.4. The lowest BCUT2D eigenvalue weighted by atomic mass is 9.98. The lowest BCUT2D eigenvalue weighted by Gasteiger charge is -2.38. The first-order valence-electron chi connectivity index (χ1n) is 7.64. The molecule has 0 spiro atoms. The highest BCUT2D eigenvalue weighted by Crippen LogP contribution is 2.24. The Morgan fingerprint density at radius 1 is 1.52 bits per heavy atom. The molecular formula is C16H24ClN3O. The number of amides is 1. The van der Waals surface area contributed by atoms with Crippen molar-refractivity contribution in [3.8, 4) is 0 Å². The zero-order valence-corrected chi connectivity index (χ0v) is 13.5. The molecular weight excluding hydrogens is 286 g/mol. The van der Waals surface area contributed by atoms with E-state index in [9.17, 15) is 4.79 Å². The van der Waals surface area contributed by atoms with Crippen LogP contribution in [0.4, 0.5) is 11.4 Å². The van der Waals surface area contributed by atoms with Crippen molar-refractivity contribution >= 4 is 28.9 Å². The van der Waals surface area contributed by atoms with Gasteiger partial charge in [-0.1, -0.05) is 24.9 Å². The highest BCUT2D eigenvalue weighted by molar-refractivity contribution is 6.33. The molecule has 0 saturated carbocycles. The summed E-state index contributed by atoms with van der Waals surface area (Å²) in [6.45, 7) is 5.16. The molecule has 2 unspecified atom stereocenters. The first-order valence-corrected chi connectivity index (χ1v) is 8.02. The first kappa shape index (κ1) is 16.1. The normalized spacial score (nSPS) is 21.0. The third kappa shape index (κ3) is 3.89. The topological polar surface area (TPSA) is 58.4 Å². The molecule has 1 aliphatic heterocycles. The molecule has 1 fully saturated rings. The summed E-state index contributed by atoms with van der Waals surface area (Å²) in [4.78, 5) is 14.8. The van der Waals surface area contributed by atoms with Crippen molar-refractivity contribution in [2.75, 3.05) is 17.6 Å². The van der Waals surface area contributed by atoms with Crippen molar-refractivity contribution in [3.63, 3.8) is 0 Å². The van der Waals surface area contributed by atoms with Gasteiger partial charge in [0.1, 0.15) is 0 Å². The molecule has 0 aliphatic carbocycles. The number of hydrogen-bond acceptors (Lipinski definition) is 3. The maximum Gasteiger partial charge on any atom is 0.241 e. The van der Waals surface area contributed by atoms with Gasteiger partial charge in [-0.3, -0.25) is 9.69 Å². The Hall–Kier alpha value is -1.26. The fourth-order valence-corrected chi connectivity index (χ4v) is 3.11. The van der Waals surface area contributed by atoms with E-state index in [0.717, 1.165) is 13.0 Å². The summed E-state index contributed by atoms with van der Waals surface area (Å²) < 4.78 is 0. The number of nitrogens with two attached hydrogens (primary N) is 1. The van der Waals surface area contributed by atoms with E-state index in [1.165, 1.54) is 19.3 Å². The van der Waals surface area contributed by atoms with E-state index in [1.807, 2.05) is 6.92 Å². The molecule has 21 heavy (non-hydrogen) atoms. The minimum absolute atomic E-state index is 0.0112. The summed E-state index contributed by atoms with van der Waals surface area (Å²) in [5, 5.41) is 3.44. The highest BCUT2D eigenvalue weighted by atomic mass is 35.5. The molecule has 5 heteroatoms. The minimum Gasteiger partial charge on any atom is -0.397 e. The summed E-state index contributed by atoms with van der Waals surface area (Å²) >= 11 is 5.89. The third-order valence-electron chi connectivity index (χ3n) is 4.28. The van der Waals surface area contributed by atoms with E-state index in [4.69, 9.17) is 17.3 Å². The van der Waals surface area contributed by atoms with E-state index < -0.39 is 0 Å². The molecule has 0 aromatic heterocycles. The number of nitrogens with zero attached hydrogens (tertiary/aromatic N) is 1. The molecule has 3 N–H and O–H groups in total. The van der Waals surface area contributed by atoms with Crippen molar-refractivity contribution in [2.24, 2.45) is 0 Å². The Bertz CT molecular complexity index is 506. The van der Waals surface area contributed by atoms with Gasteiger partial charge in [0.25, 0.3) is 0 Å². The van der Waals surface area contributed by atoms with Crippen molar-refractivity contribution < 1.29 is 4.79 Å². The smallest absolute Gasteiger partial charge is 0.241 e. The van der Waals surface area contributed by atoms with Crippen LogP contribution in [-0.2, 0) is 4.79 Å². The van der Waals surface area contributed by atoms with Crippen LogP contribution in [0.15, 0.2) is 18.2 Å². The number of rotatable bonds is 4. The number of halogens is 1. The van der Waals surface area contributed by atoms with Crippen LogP contribution in [0, 0.1) is 0 Å². The summed E-state index contributed by atoms with van der Waals surface area (Å²) in [6.07, 6.45) is 4.70. The van der Waals surface area contributed by atoms with Gasteiger partial charge in [0.05, 0.1) is 16.8 Å². The molecule has 1 heterocycles. The summed E-state index contributed by atoms with van der Waals surface area (Å²) in [6, 6.07) is 5.55. The van der Waals surface area contributed by atoms with Gasteiger partial charge in [-0.2, -0.15) is 0 Å². The Morgan fingerprint density at radius 2 is 2.29 bits per heavy atom. The van der Waals surface area contributed by atoms with Crippen LogP contribution in [-0.4, -0.2) is 29.4 Å². The molecule has 1 aliphatic rings. The molecule has 2 rings (SSSR count). The average molecular weight is 310 g/mol. The number of benzene rings is 1. The number of carbonyl (C=O) groups is 1. The number of carbonyl (C=O) groups excluding carboxylic acids is 1. The maximum atomic E-state index is 12.4. The average Bonchev–Trinajstić information content (AvgIpc) is 2.50. The van der Waals surface area contributed by atoms with Gasteiger partial charge < -0.3 is 11.1 Å². The molecule has 0 bridgehead atoms. The van der Waals surface area contributed by atoms with E-state index in [-0.39, 0.29) is 11.9 Å². The predicted octanol–water partition coefficient (Wildman–Crippen LogP) is 3.51. The monoisotopic (exact) mass is 309 g/mol. The van der Waals surface area contributed by atoms with Gasteiger partial charge >= 0.3 is 0 Å². The number of likely N-dealkylation sites (tertiary alicyclic amines) is 1. The van der Waals surface area contributed by atoms with Crippen LogP contribution in [0.25, 0.3) is 0 Å². The van der Waals surface area contributed by atoms with Crippen molar-refractivity contribution in [1.82, 2.24) is 4.90 Å². The summed E-state index contributed by atoms with van der Waals surface area (Å²) in [5.41, 5.74) is 6.94. The molecule has 1 aromatic carbocycles. The van der Waals surface area contributed by atoms with Crippen LogP contribution in [0.3, 0.4) is 0 Å². The van der Waals surface area contributed by atoms with Gasteiger partial charge in [-0.05, 0) is 50.9 Å². The molecule has 4 nitrogen and oxygen atoms in total. The second kappa shape index (κ2) is 7.14. The lowest BCUT2D eigenvalue weighted by molar-refractivity contribution is -0.122. The van der Waals surface area contributed by atoms with Crippen molar-refractivity contribution in [3.05, 3.63) is 23.2 Å². The molecule has 1 aromatic rings. The van der Waals surface area contributed by atoms with Crippen LogP contribution in [0.5, 0.6) is 0 Å². The second-order valence-corrected chi connectivity index (χ2v) is 6.10. The SMILES string of the molecule is CCC1CCCCN1C(C)C(=O)Nc1ccc(Cl)c(N)c1. The van der Waals surface area contributed by atoms with Crippen molar-refractivity contribution in [2.45, 2.75) is 51.6 Å². The minimum atomic E-state index is -0.132. The predicted molar refractivity (Wildman–Crippen MR) is 88.6 cm³/mol. The number of nitrogens with one attached hydrogen (secondary N) is 1. The molecule has 1 amide bonds. The number of piperidine rings is 1. The van der Waals surface area contributed by atoms with Crippen LogP contribution in [0.1, 0.15) is 39.5 Å². The van der Waals surface area contributed by atoms with Gasteiger partial charge in [0, 0.05) is 11.7 Å². The Labute approximate surface area is 131 Å². The highest BCUT2D eigenvalue weighted by Gasteiger charge is 2.29. The van der Waals surface area contributed by atoms with Crippen LogP contribution in [0.2, 0.25) is 5.02 Å². The Kier molecular flexibility index (Phi) is 5.48. The summed E-state index contributed by atoms with van der Waals surface area (Å²) in [5.74, 6) is 0.0112. The zero-order valence-electron chi connectivity index (χ0n) is 12.7. The van der Waals surface area contributed by atoms with Crippen LogP contribution < -0.4 is 11.1 Å². The quantitative estimate of drug-likeness (QED) is 0.837. The summed E-state index contributed by atoms with van der Waals surface area (Å²) in [7, 11) is 0. The van der Waals surface area contributed by atoms with Crippen molar-refractivity contribution in [1.29, 1.82) is 0 Å².